The van der Waals surface area contributed by atoms with Crippen molar-refractivity contribution < 1.29 is 13.9 Å². The molecule has 2 aromatic rings. The molecule has 8 nitrogen and oxygen atoms in total. The second-order valence-corrected chi connectivity index (χ2v) is 9.35. The van der Waals surface area contributed by atoms with E-state index in [0.717, 1.165) is 51.7 Å². The smallest absolute Gasteiger partial charge is 0.204 e. The first-order chi connectivity index (χ1) is 16.3. The topological polar surface area (TPSA) is 102 Å². The molecule has 3 N–H and O–H groups in total. The van der Waals surface area contributed by atoms with Crippen molar-refractivity contribution >= 4 is 28.8 Å². The SMILES string of the molecule is CCCN(CCCNc1nc2c(c(N)c1F)c(=O)c(C=O)c1n2C(C)(CC)CCC1)CCOC. The van der Waals surface area contributed by atoms with Crippen molar-refractivity contribution in [3.63, 3.8) is 0 Å². The van der Waals surface area contributed by atoms with E-state index >= 15 is 4.39 Å². The normalized spacial score (nSPS) is 17.8. The van der Waals surface area contributed by atoms with Crippen LogP contribution in [0.2, 0.25) is 0 Å². The predicted molar refractivity (Wildman–Crippen MR) is 134 cm³/mol. The van der Waals surface area contributed by atoms with Crippen LogP contribution in [0.25, 0.3) is 11.0 Å². The number of methoxy groups -OCH3 is 1. The number of hydrogen-bond acceptors (Lipinski definition) is 7. The van der Waals surface area contributed by atoms with Crippen molar-refractivity contribution in [1.82, 2.24) is 14.5 Å². The minimum Gasteiger partial charge on any atom is -0.396 e. The Hall–Kier alpha value is -2.52. The first-order valence-corrected chi connectivity index (χ1v) is 12.3. The highest BCUT2D eigenvalue weighted by Gasteiger charge is 2.35. The zero-order chi connectivity index (χ0) is 24.9. The van der Waals surface area contributed by atoms with Crippen molar-refractivity contribution in [3.05, 3.63) is 27.3 Å². The lowest BCUT2D eigenvalue weighted by Gasteiger charge is -2.39. The summed E-state index contributed by atoms with van der Waals surface area (Å²) < 4.78 is 22.4. The molecule has 0 radical (unpaired) electrons. The van der Waals surface area contributed by atoms with Crippen LogP contribution in [0.15, 0.2) is 4.79 Å². The van der Waals surface area contributed by atoms with Gasteiger partial charge in [-0.25, -0.2) is 9.37 Å². The molecule has 0 aromatic carbocycles. The summed E-state index contributed by atoms with van der Waals surface area (Å²) >= 11 is 0. The third kappa shape index (κ3) is 4.95. The van der Waals surface area contributed by atoms with Crippen LogP contribution in [-0.4, -0.2) is 60.6 Å². The number of aldehydes is 1. The largest absolute Gasteiger partial charge is 0.396 e. The molecule has 0 spiro atoms. The summed E-state index contributed by atoms with van der Waals surface area (Å²) in [7, 11) is 1.69. The van der Waals surface area contributed by atoms with Crippen molar-refractivity contribution in [1.29, 1.82) is 0 Å². The number of hydrogen-bond donors (Lipinski definition) is 2. The fourth-order valence-electron chi connectivity index (χ4n) is 5.00. The fraction of sp³-hybridized carbons (Fsp3) is 0.640. The van der Waals surface area contributed by atoms with Gasteiger partial charge in [0, 0.05) is 31.4 Å². The summed E-state index contributed by atoms with van der Waals surface area (Å²) in [4.78, 5) is 31.9. The van der Waals surface area contributed by atoms with E-state index in [9.17, 15) is 9.59 Å². The van der Waals surface area contributed by atoms with E-state index in [4.69, 9.17) is 10.5 Å². The summed E-state index contributed by atoms with van der Waals surface area (Å²) in [5.74, 6) is -0.707. The molecule has 3 heterocycles. The van der Waals surface area contributed by atoms with Crippen molar-refractivity contribution in [2.24, 2.45) is 0 Å². The molecule has 1 atom stereocenters. The Labute approximate surface area is 200 Å². The number of carbonyl (C=O) groups excluding carboxylic acids is 1. The average molecular weight is 476 g/mol. The number of halogens is 1. The molecule has 2 aromatic heterocycles. The molecular formula is C25H38FN5O3. The highest BCUT2D eigenvalue weighted by Crippen LogP contribution is 2.38. The van der Waals surface area contributed by atoms with Gasteiger partial charge in [-0.1, -0.05) is 13.8 Å². The van der Waals surface area contributed by atoms with Crippen molar-refractivity contribution in [2.45, 2.75) is 64.8 Å². The third-order valence-electron chi connectivity index (χ3n) is 7.06. The Morgan fingerprint density at radius 1 is 1.32 bits per heavy atom. The van der Waals surface area contributed by atoms with E-state index < -0.39 is 11.2 Å². The van der Waals surface area contributed by atoms with Crippen LogP contribution in [0.5, 0.6) is 0 Å². The molecule has 1 unspecified atom stereocenters. The summed E-state index contributed by atoms with van der Waals surface area (Å²) in [5.41, 5.74) is 6.09. The first-order valence-electron chi connectivity index (χ1n) is 12.3. The number of carbonyl (C=O) groups is 1. The van der Waals surface area contributed by atoms with Gasteiger partial charge in [0.1, 0.15) is 5.65 Å². The van der Waals surface area contributed by atoms with Crippen LogP contribution in [0.1, 0.15) is 68.9 Å². The van der Waals surface area contributed by atoms with E-state index in [1.807, 2.05) is 4.57 Å². The number of anilines is 2. The van der Waals surface area contributed by atoms with Gasteiger partial charge in [0.05, 0.1) is 23.2 Å². The number of fused-ring (bicyclic) bond motifs is 3. The molecule has 0 bridgehead atoms. The molecule has 188 valence electrons. The first kappa shape index (κ1) is 26.1. The Balaban J connectivity index is 1.98. The van der Waals surface area contributed by atoms with Gasteiger partial charge in [-0.15, -0.1) is 0 Å². The Morgan fingerprint density at radius 3 is 2.74 bits per heavy atom. The van der Waals surface area contributed by atoms with E-state index in [-0.39, 0.29) is 28.0 Å². The third-order valence-corrected chi connectivity index (χ3v) is 7.06. The number of pyridine rings is 2. The zero-order valence-corrected chi connectivity index (χ0v) is 20.9. The minimum atomic E-state index is -0.749. The van der Waals surface area contributed by atoms with E-state index in [1.54, 1.807) is 7.11 Å². The molecule has 9 heteroatoms. The minimum absolute atomic E-state index is 0.0100. The lowest BCUT2D eigenvalue weighted by atomic mass is 9.85. The molecule has 1 aliphatic rings. The van der Waals surface area contributed by atoms with Gasteiger partial charge in [-0.05, 0) is 58.5 Å². The van der Waals surface area contributed by atoms with Crippen LogP contribution in [-0.2, 0) is 16.7 Å². The maximum atomic E-state index is 15.2. The fourth-order valence-corrected chi connectivity index (χ4v) is 5.00. The van der Waals surface area contributed by atoms with E-state index in [2.05, 4.69) is 36.0 Å². The van der Waals surface area contributed by atoms with Gasteiger partial charge in [0.2, 0.25) is 5.43 Å². The molecule has 3 rings (SSSR count). The van der Waals surface area contributed by atoms with Crippen LogP contribution in [0, 0.1) is 5.82 Å². The predicted octanol–water partition coefficient (Wildman–Crippen LogP) is 3.55. The van der Waals surface area contributed by atoms with Gasteiger partial charge >= 0.3 is 0 Å². The molecule has 0 aliphatic carbocycles. The number of nitrogens with two attached hydrogens (primary N) is 1. The number of aromatic nitrogens is 2. The number of nitrogens with zero attached hydrogens (tertiary/aromatic N) is 3. The van der Waals surface area contributed by atoms with Crippen LogP contribution in [0.3, 0.4) is 0 Å². The van der Waals surface area contributed by atoms with E-state index in [0.29, 0.717) is 37.2 Å². The molecule has 0 amide bonds. The molecule has 1 aliphatic heterocycles. The number of rotatable bonds is 12. The monoisotopic (exact) mass is 475 g/mol. The van der Waals surface area contributed by atoms with Gasteiger partial charge in [-0.3, -0.25) is 9.59 Å². The maximum Gasteiger partial charge on any atom is 0.204 e. The summed E-state index contributed by atoms with van der Waals surface area (Å²) in [6, 6.07) is 0. The van der Waals surface area contributed by atoms with Crippen molar-refractivity contribution in [2.75, 3.05) is 50.9 Å². The molecule has 0 saturated heterocycles. The highest BCUT2D eigenvalue weighted by atomic mass is 19.1. The lowest BCUT2D eigenvalue weighted by molar-refractivity contribution is 0.111. The molecular weight excluding hydrogens is 437 g/mol. The Morgan fingerprint density at radius 2 is 2.09 bits per heavy atom. The summed E-state index contributed by atoms with van der Waals surface area (Å²) in [6.07, 6.45) is 5.55. The maximum absolute atomic E-state index is 15.2. The quantitative estimate of drug-likeness (QED) is 0.357. The molecule has 0 fully saturated rings. The number of nitrogens with one attached hydrogen (secondary N) is 1. The van der Waals surface area contributed by atoms with E-state index in [1.165, 1.54) is 0 Å². The number of nitrogen functional groups attached to an aromatic ring is 1. The summed E-state index contributed by atoms with van der Waals surface area (Å²) in [5, 5.41) is 3.08. The second kappa shape index (κ2) is 11.3. The second-order valence-electron chi connectivity index (χ2n) is 9.35. The highest BCUT2D eigenvalue weighted by molar-refractivity contribution is 5.95. The van der Waals surface area contributed by atoms with Gasteiger partial charge < -0.3 is 25.3 Å². The molecule has 0 saturated carbocycles. The van der Waals surface area contributed by atoms with Crippen LogP contribution >= 0.6 is 0 Å². The average Bonchev–Trinajstić information content (AvgIpc) is 2.82. The molecule has 34 heavy (non-hydrogen) atoms. The Kier molecular flexibility index (Phi) is 8.65. The zero-order valence-electron chi connectivity index (χ0n) is 20.9. The van der Waals surface area contributed by atoms with Crippen molar-refractivity contribution in [3.8, 4) is 0 Å². The van der Waals surface area contributed by atoms with Gasteiger partial charge in [0.15, 0.2) is 17.9 Å². The van der Waals surface area contributed by atoms with Gasteiger partial charge in [0.25, 0.3) is 0 Å². The van der Waals surface area contributed by atoms with Crippen LogP contribution in [0.4, 0.5) is 15.9 Å². The lowest BCUT2D eigenvalue weighted by Crippen LogP contribution is -2.39. The number of ether oxygens (including phenoxy) is 1. The van der Waals surface area contributed by atoms with Gasteiger partial charge in [-0.2, -0.15) is 0 Å². The Bertz CT molecular complexity index is 1090. The summed E-state index contributed by atoms with van der Waals surface area (Å²) in [6.45, 7) is 10.1. The van der Waals surface area contributed by atoms with Crippen LogP contribution < -0.4 is 16.5 Å². The standard InChI is InChI=1S/C25H38FN5O3/c1-5-12-30(14-15-34-4)13-8-11-28-23-20(26)21(27)19-22(33)17(16-32)18-9-7-10-25(3,6-2)31(18)24(19)29-23/h16H,5-15H2,1-4H3,(H3,27,28,29).